The largest absolute Gasteiger partial charge is 0.180 e. The highest BCUT2D eigenvalue weighted by Gasteiger charge is 1.78. The molecule has 0 heterocycles. The average molecular weight is 147 g/mol. The first-order valence-electron chi connectivity index (χ1n) is 0.855. The first kappa shape index (κ1) is 9.56. The number of halogens is 3. The summed E-state index contributed by atoms with van der Waals surface area (Å²) >= 11 is 14.4. The van der Waals surface area contributed by atoms with Crippen molar-refractivity contribution in [2.75, 3.05) is 0 Å². The second-order valence-corrected chi connectivity index (χ2v) is 2.23. The molecule has 0 aliphatic carbocycles. The molecule has 0 rings (SSSR count). The molecule has 0 unspecified atom stereocenters. The summed E-state index contributed by atoms with van der Waals surface area (Å²) in [5, 5.41) is 12.0. The summed E-state index contributed by atoms with van der Waals surface area (Å²) in [5.74, 6) is 0. The van der Waals surface area contributed by atoms with Crippen molar-refractivity contribution in [1.82, 2.24) is 0 Å². The van der Waals surface area contributed by atoms with Crippen LogP contribution in [0.25, 0.3) is 0 Å². The number of rotatable bonds is 0. The summed E-state index contributed by atoms with van der Waals surface area (Å²) in [6.45, 7) is 0. The molecule has 6 heavy (non-hydrogen) atoms. The summed E-state index contributed by atoms with van der Waals surface area (Å²) in [5.41, 5.74) is 0. The molecule has 0 aromatic rings. The minimum Gasteiger partial charge on any atom is -0.0874 e. The second kappa shape index (κ2) is 8.99. The van der Waals surface area contributed by atoms with Gasteiger partial charge in [-0.2, -0.15) is 0 Å². The van der Waals surface area contributed by atoms with Crippen molar-refractivity contribution in [3.8, 4) is 0 Å². The van der Waals surface area contributed by atoms with E-state index in [1.165, 1.54) is 0 Å². The lowest BCUT2D eigenvalue weighted by Crippen LogP contribution is -1.55. The van der Waals surface area contributed by atoms with Gasteiger partial charge < -0.3 is 0 Å². The van der Waals surface area contributed by atoms with Gasteiger partial charge in [0.05, 0.1) is 0 Å². The monoisotopic (exact) mass is 146 g/mol. The van der Waals surface area contributed by atoms with Gasteiger partial charge in [0.2, 0.25) is 0 Å². The van der Waals surface area contributed by atoms with Crippen LogP contribution in [0.4, 0.5) is 0 Å². The Hall–Kier alpha value is 0.290. The Morgan fingerprint density at radius 2 is 1.00 bits per heavy atom. The Kier molecular flexibility index (Phi) is 14.3. The van der Waals surface area contributed by atoms with Crippen molar-refractivity contribution in [2.45, 2.75) is 4.30 Å². The van der Waals surface area contributed by atoms with Crippen LogP contribution < -0.4 is 0 Å². The highest BCUT2D eigenvalue weighted by Crippen LogP contribution is 2.03. The Morgan fingerprint density at radius 1 is 1.00 bits per heavy atom. The van der Waals surface area contributed by atoms with Crippen molar-refractivity contribution in [2.24, 2.45) is 0 Å². The Balaban J connectivity index is 0. The summed E-state index contributed by atoms with van der Waals surface area (Å²) < 4.78 is -0.750. The third-order valence-corrected chi connectivity index (χ3v) is 0. The molecule has 0 spiro atoms. The molecule has 0 bridgehead atoms. The Labute approximate surface area is 50.4 Å². The third kappa shape index (κ3) is 552. The lowest BCUT2D eigenvalue weighted by molar-refractivity contribution is 1.15. The predicted octanol–water partition coefficient (Wildman–Crippen LogP) is 2.02. The number of hydrogen-bond acceptors (Lipinski definition) is 2. The van der Waals surface area contributed by atoms with Crippen LogP contribution in [-0.4, -0.2) is 4.30 Å². The van der Waals surface area contributed by atoms with Gasteiger partial charge in [-0.15, -0.1) is 0 Å². The zero-order valence-electron chi connectivity index (χ0n) is 2.61. The maximum atomic E-state index is 6.00. The van der Waals surface area contributed by atoms with Crippen LogP contribution in [0.2, 0.25) is 0 Å². The van der Waals surface area contributed by atoms with E-state index in [-0.39, 0.29) is 0 Å². The van der Waals surface area contributed by atoms with Gasteiger partial charge >= 0.3 is 0 Å². The first-order chi connectivity index (χ1) is 2.73. The molecule has 0 atom stereocenters. The van der Waals surface area contributed by atoms with Crippen LogP contribution in [0.5, 0.6) is 0 Å². The molecule has 5 heteroatoms. The van der Waals surface area contributed by atoms with E-state index in [0.717, 1.165) is 0 Å². The fourth-order valence-corrected chi connectivity index (χ4v) is 0. The minimum absolute atomic E-state index is 0.750. The van der Waals surface area contributed by atoms with Crippen LogP contribution >= 0.6 is 34.8 Å². The zero-order chi connectivity index (χ0) is 5.58. The van der Waals surface area contributed by atoms with E-state index < -0.39 is 4.30 Å². The van der Waals surface area contributed by atoms with Crippen LogP contribution in [0.3, 0.4) is 0 Å². The predicted molar refractivity (Wildman–Crippen MR) is 24.8 cm³/mol. The molecule has 0 saturated heterocycles. The normalized spacial score (nSPS) is 6.33. The minimum atomic E-state index is -0.750. The quantitative estimate of drug-likeness (QED) is 0.389. The van der Waals surface area contributed by atoms with Gasteiger partial charge in [-0.25, -0.2) is 0 Å². The fraction of sp³-hybridized carbons (Fsp3) is 1.00. The van der Waals surface area contributed by atoms with Gasteiger partial charge in [-0.05, 0) is 0 Å². The van der Waals surface area contributed by atoms with Gasteiger partial charge in [0.15, 0.2) is 4.30 Å². The molecule has 0 saturated carbocycles. The van der Waals surface area contributed by atoms with Crippen molar-refractivity contribution in [3.05, 3.63) is 0 Å². The van der Waals surface area contributed by atoms with Gasteiger partial charge in [-0.3, -0.25) is 0 Å². The van der Waals surface area contributed by atoms with Crippen molar-refractivity contribution in [3.63, 3.8) is 0 Å². The van der Waals surface area contributed by atoms with Crippen LogP contribution in [0, 0.1) is 10.8 Å². The number of alkyl halides is 3. The molecule has 0 aromatic heterocycles. The van der Waals surface area contributed by atoms with Crippen LogP contribution in [0.1, 0.15) is 0 Å². The van der Waals surface area contributed by atoms with E-state index in [4.69, 9.17) is 45.6 Å². The molecular weight excluding hydrogens is 146 g/mol. The van der Waals surface area contributed by atoms with E-state index in [0.29, 0.717) is 0 Å². The van der Waals surface area contributed by atoms with Crippen LogP contribution in [0.15, 0.2) is 0 Å². The van der Waals surface area contributed by atoms with E-state index in [9.17, 15) is 0 Å². The number of hydrogen-bond donors (Lipinski definition) is 0. The van der Waals surface area contributed by atoms with Gasteiger partial charge in [0.1, 0.15) is 0 Å². The molecule has 0 aromatic carbocycles. The topological polar surface area (TPSA) is 47.6 Å². The molecule has 0 fully saturated rings. The van der Waals surface area contributed by atoms with Crippen molar-refractivity contribution in [1.29, 1.82) is 10.8 Å². The summed E-state index contributed by atoms with van der Waals surface area (Å²) in [7, 11) is 0. The zero-order valence-corrected chi connectivity index (χ0v) is 4.87. The highest BCUT2D eigenvalue weighted by molar-refractivity contribution is 6.63. The maximum Gasteiger partial charge on any atom is 0.180 e. The van der Waals surface area contributed by atoms with Crippen molar-refractivity contribution < 1.29 is 0 Å². The second-order valence-electron chi connectivity index (χ2n) is 0.247. The number of nitrogens with zero attached hydrogens (tertiary/aromatic N) is 2. The van der Waals surface area contributed by atoms with Gasteiger partial charge in [0, 0.05) is 10.8 Å². The fourth-order valence-electron chi connectivity index (χ4n) is 0. The average Bonchev–Trinajstić information content (AvgIpc) is 1.41. The van der Waals surface area contributed by atoms with E-state index in [1.807, 2.05) is 0 Å². The first-order valence-corrected chi connectivity index (χ1v) is 2.16. The molecule has 0 aliphatic heterocycles. The summed E-state index contributed by atoms with van der Waals surface area (Å²) in [6, 6.07) is 0. The van der Waals surface area contributed by atoms with Gasteiger partial charge in [-0.1, -0.05) is 34.8 Å². The molecule has 0 radical (unpaired) electrons. The lowest BCUT2D eigenvalue weighted by Gasteiger charge is -1.69. The molecule has 36 valence electrons. The maximum absolute atomic E-state index is 6.00. The Morgan fingerprint density at radius 3 is 1.00 bits per heavy atom. The molecule has 2 nitrogen and oxygen atoms in total. The lowest BCUT2D eigenvalue weighted by atomic mass is 11.9. The standard InChI is InChI=1S/CHCl3.N2/c2-1(3)4;1-2/h1H;. The van der Waals surface area contributed by atoms with Gasteiger partial charge in [0.25, 0.3) is 0 Å². The van der Waals surface area contributed by atoms with E-state index >= 15 is 0 Å². The van der Waals surface area contributed by atoms with Crippen molar-refractivity contribution >= 4 is 34.8 Å². The van der Waals surface area contributed by atoms with E-state index in [1.54, 1.807) is 0 Å². The molecule has 0 amide bonds. The Bertz CT molecular complexity index is 30.3. The molecule has 0 N–H and O–H groups in total. The summed E-state index contributed by atoms with van der Waals surface area (Å²) in [6.07, 6.45) is 0. The van der Waals surface area contributed by atoms with Crippen LogP contribution in [-0.2, 0) is 0 Å². The summed E-state index contributed by atoms with van der Waals surface area (Å²) in [4.78, 5) is 0. The van der Waals surface area contributed by atoms with E-state index in [2.05, 4.69) is 0 Å². The molecular formula is CHCl3N2. The smallest absolute Gasteiger partial charge is 0.0874 e. The third-order valence-electron chi connectivity index (χ3n) is 0. The molecule has 0 aliphatic rings. The SMILES string of the molecule is ClC(Cl)Cl.N#N. The highest BCUT2D eigenvalue weighted by atomic mass is 35.6.